The fraction of sp³-hybridized carbons (Fsp3) is 0.538. The minimum absolute atomic E-state index is 0.179. The second-order valence-electron chi connectivity index (χ2n) is 4.62. The maximum Gasteiger partial charge on any atom is 0.138 e. The summed E-state index contributed by atoms with van der Waals surface area (Å²) in [6.07, 6.45) is 0.687. The van der Waals surface area contributed by atoms with E-state index >= 15 is 0 Å². The SMILES string of the molecule is Cc1cccc(CN2CCC(=O)C(C)C2)n1. The van der Waals surface area contributed by atoms with E-state index in [-0.39, 0.29) is 5.92 Å². The van der Waals surface area contributed by atoms with Crippen LogP contribution >= 0.6 is 0 Å². The standard InChI is InChI=1S/C13H18N2O/c1-10-8-15(7-6-13(10)16)9-12-5-3-4-11(2)14-12/h3-5,10H,6-9H2,1-2H3. The van der Waals surface area contributed by atoms with E-state index in [1.807, 2.05) is 32.0 Å². The first-order chi connectivity index (χ1) is 7.65. The van der Waals surface area contributed by atoms with Crippen molar-refractivity contribution in [1.82, 2.24) is 9.88 Å². The van der Waals surface area contributed by atoms with Crippen LogP contribution in [-0.4, -0.2) is 28.8 Å². The van der Waals surface area contributed by atoms with E-state index in [4.69, 9.17) is 0 Å². The van der Waals surface area contributed by atoms with E-state index in [0.29, 0.717) is 12.2 Å². The zero-order chi connectivity index (χ0) is 11.5. The second-order valence-corrected chi connectivity index (χ2v) is 4.62. The number of aryl methyl sites for hydroxylation is 1. The number of likely N-dealkylation sites (tertiary alicyclic amines) is 1. The van der Waals surface area contributed by atoms with Crippen LogP contribution in [0.2, 0.25) is 0 Å². The molecule has 1 fully saturated rings. The Hall–Kier alpha value is -1.22. The molecule has 2 heterocycles. The van der Waals surface area contributed by atoms with Gasteiger partial charge in [0, 0.05) is 37.7 Å². The van der Waals surface area contributed by atoms with Gasteiger partial charge in [0.25, 0.3) is 0 Å². The fourth-order valence-electron chi connectivity index (χ4n) is 2.16. The molecular formula is C13H18N2O. The molecular weight excluding hydrogens is 200 g/mol. The van der Waals surface area contributed by atoms with Crippen molar-refractivity contribution in [3.8, 4) is 0 Å². The molecule has 3 heteroatoms. The van der Waals surface area contributed by atoms with Crippen LogP contribution in [0.25, 0.3) is 0 Å². The summed E-state index contributed by atoms with van der Waals surface area (Å²) in [6, 6.07) is 6.09. The van der Waals surface area contributed by atoms with Gasteiger partial charge in [0.1, 0.15) is 5.78 Å². The van der Waals surface area contributed by atoms with Gasteiger partial charge in [0.05, 0.1) is 5.69 Å². The molecule has 1 atom stereocenters. The van der Waals surface area contributed by atoms with Gasteiger partial charge in [-0.1, -0.05) is 13.0 Å². The molecule has 0 aromatic carbocycles. The van der Waals surface area contributed by atoms with Crippen molar-refractivity contribution in [2.75, 3.05) is 13.1 Å². The normalized spacial score (nSPS) is 22.4. The summed E-state index contributed by atoms with van der Waals surface area (Å²) in [5, 5.41) is 0. The number of ketones is 1. The Bertz CT molecular complexity index is 389. The van der Waals surface area contributed by atoms with E-state index in [0.717, 1.165) is 31.0 Å². The predicted octanol–water partition coefficient (Wildman–Crippen LogP) is 1.80. The van der Waals surface area contributed by atoms with Crippen molar-refractivity contribution < 1.29 is 4.79 Å². The molecule has 1 aliphatic rings. The maximum atomic E-state index is 11.4. The molecule has 3 nitrogen and oxygen atoms in total. The number of aromatic nitrogens is 1. The van der Waals surface area contributed by atoms with Gasteiger partial charge >= 0.3 is 0 Å². The minimum Gasteiger partial charge on any atom is -0.299 e. The van der Waals surface area contributed by atoms with Gasteiger partial charge in [0.15, 0.2) is 0 Å². The first kappa shape index (κ1) is 11.3. The maximum absolute atomic E-state index is 11.4. The lowest BCUT2D eigenvalue weighted by Crippen LogP contribution is -2.39. The summed E-state index contributed by atoms with van der Waals surface area (Å²) in [4.78, 5) is 18.2. The van der Waals surface area contributed by atoms with Crippen molar-refractivity contribution >= 4 is 5.78 Å². The Morgan fingerprint density at radius 1 is 1.50 bits per heavy atom. The van der Waals surface area contributed by atoms with Crippen LogP contribution in [0.5, 0.6) is 0 Å². The lowest BCUT2D eigenvalue weighted by molar-refractivity contribution is -0.125. The van der Waals surface area contributed by atoms with E-state index in [1.165, 1.54) is 0 Å². The molecule has 86 valence electrons. The highest BCUT2D eigenvalue weighted by Gasteiger charge is 2.23. The van der Waals surface area contributed by atoms with Gasteiger partial charge in [-0.05, 0) is 19.1 Å². The van der Waals surface area contributed by atoms with Crippen LogP contribution in [-0.2, 0) is 11.3 Å². The third kappa shape index (κ3) is 2.67. The molecule has 1 aromatic heterocycles. The zero-order valence-corrected chi connectivity index (χ0v) is 9.94. The highest BCUT2D eigenvalue weighted by Crippen LogP contribution is 2.14. The number of hydrogen-bond donors (Lipinski definition) is 0. The molecule has 0 amide bonds. The van der Waals surface area contributed by atoms with Crippen molar-refractivity contribution in [3.63, 3.8) is 0 Å². The predicted molar refractivity (Wildman–Crippen MR) is 63.0 cm³/mol. The Balaban J connectivity index is 1.98. The highest BCUT2D eigenvalue weighted by atomic mass is 16.1. The minimum atomic E-state index is 0.179. The van der Waals surface area contributed by atoms with Gasteiger partial charge in [-0.3, -0.25) is 14.7 Å². The molecule has 0 radical (unpaired) electrons. The zero-order valence-electron chi connectivity index (χ0n) is 9.94. The van der Waals surface area contributed by atoms with Crippen molar-refractivity contribution in [1.29, 1.82) is 0 Å². The Morgan fingerprint density at radius 2 is 2.31 bits per heavy atom. The average Bonchev–Trinajstić information content (AvgIpc) is 2.24. The first-order valence-corrected chi connectivity index (χ1v) is 5.83. The molecule has 1 aromatic rings. The van der Waals surface area contributed by atoms with Crippen molar-refractivity contribution in [2.24, 2.45) is 5.92 Å². The van der Waals surface area contributed by atoms with E-state index in [9.17, 15) is 4.79 Å². The van der Waals surface area contributed by atoms with Crippen LogP contribution < -0.4 is 0 Å². The lowest BCUT2D eigenvalue weighted by atomic mass is 9.98. The van der Waals surface area contributed by atoms with Crippen LogP contribution in [0.15, 0.2) is 18.2 Å². The quantitative estimate of drug-likeness (QED) is 0.759. The number of pyridine rings is 1. The number of carbonyl (C=O) groups is 1. The molecule has 0 bridgehead atoms. The van der Waals surface area contributed by atoms with Crippen molar-refractivity contribution in [3.05, 3.63) is 29.6 Å². The molecule has 1 unspecified atom stereocenters. The Morgan fingerprint density at radius 3 is 3.00 bits per heavy atom. The number of carbonyl (C=O) groups excluding carboxylic acids is 1. The number of rotatable bonds is 2. The lowest BCUT2D eigenvalue weighted by Gasteiger charge is -2.29. The van der Waals surface area contributed by atoms with Crippen LogP contribution in [0.4, 0.5) is 0 Å². The van der Waals surface area contributed by atoms with Crippen LogP contribution in [0.3, 0.4) is 0 Å². The molecule has 2 rings (SSSR count). The van der Waals surface area contributed by atoms with Crippen LogP contribution in [0.1, 0.15) is 24.7 Å². The Labute approximate surface area is 96.5 Å². The third-order valence-corrected chi connectivity index (χ3v) is 3.09. The van der Waals surface area contributed by atoms with E-state index in [2.05, 4.69) is 9.88 Å². The summed E-state index contributed by atoms with van der Waals surface area (Å²) in [5.41, 5.74) is 2.15. The van der Waals surface area contributed by atoms with Gasteiger partial charge in [-0.2, -0.15) is 0 Å². The van der Waals surface area contributed by atoms with E-state index < -0.39 is 0 Å². The second kappa shape index (κ2) is 4.74. The van der Waals surface area contributed by atoms with Crippen molar-refractivity contribution in [2.45, 2.75) is 26.8 Å². The summed E-state index contributed by atoms with van der Waals surface area (Å²) in [6.45, 7) is 6.62. The number of nitrogens with zero attached hydrogens (tertiary/aromatic N) is 2. The smallest absolute Gasteiger partial charge is 0.138 e. The highest BCUT2D eigenvalue weighted by molar-refractivity contribution is 5.81. The summed E-state index contributed by atoms with van der Waals surface area (Å²) in [5.74, 6) is 0.576. The monoisotopic (exact) mass is 218 g/mol. The fourth-order valence-corrected chi connectivity index (χ4v) is 2.16. The molecule has 0 aliphatic carbocycles. The van der Waals surface area contributed by atoms with E-state index in [1.54, 1.807) is 0 Å². The topological polar surface area (TPSA) is 33.2 Å². The molecule has 0 N–H and O–H groups in total. The average molecular weight is 218 g/mol. The Kier molecular flexibility index (Phi) is 3.34. The molecule has 1 aliphatic heterocycles. The molecule has 0 saturated carbocycles. The first-order valence-electron chi connectivity index (χ1n) is 5.83. The molecule has 0 spiro atoms. The van der Waals surface area contributed by atoms with Crippen LogP contribution in [0, 0.1) is 12.8 Å². The number of hydrogen-bond acceptors (Lipinski definition) is 3. The molecule has 1 saturated heterocycles. The van der Waals surface area contributed by atoms with Gasteiger partial charge in [-0.25, -0.2) is 0 Å². The van der Waals surface area contributed by atoms with Gasteiger partial charge < -0.3 is 0 Å². The summed E-state index contributed by atoms with van der Waals surface area (Å²) in [7, 11) is 0. The number of piperidine rings is 1. The summed E-state index contributed by atoms with van der Waals surface area (Å²) < 4.78 is 0. The molecule has 16 heavy (non-hydrogen) atoms. The van der Waals surface area contributed by atoms with Gasteiger partial charge in [-0.15, -0.1) is 0 Å². The number of Topliss-reactive ketones (excluding diaryl/α,β-unsaturated/α-hetero) is 1. The summed E-state index contributed by atoms with van der Waals surface area (Å²) >= 11 is 0. The third-order valence-electron chi connectivity index (χ3n) is 3.09. The largest absolute Gasteiger partial charge is 0.299 e. The van der Waals surface area contributed by atoms with Gasteiger partial charge in [0.2, 0.25) is 0 Å².